The van der Waals surface area contributed by atoms with Crippen LogP contribution >= 0.6 is 12.4 Å². The molecular formula is C18H32ClN. The lowest BCUT2D eigenvalue weighted by molar-refractivity contribution is 0.268. The Hall–Kier alpha value is -0.530. The van der Waals surface area contributed by atoms with Crippen LogP contribution in [0.1, 0.15) is 57.1 Å². The molecule has 116 valence electrons. The first kappa shape index (κ1) is 19.5. The van der Waals surface area contributed by atoms with Crippen LogP contribution in [-0.2, 0) is 6.42 Å². The van der Waals surface area contributed by atoms with E-state index in [0.29, 0.717) is 0 Å². The van der Waals surface area contributed by atoms with Gasteiger partial charge in [-0.15, -0.1) is 12.4 Å². The predicted molar refractivity (Wildman–Crippen MR) is 93.0 cm³/mol. The maximum Gasteiger partial charge on any atom is -0.00187 e. The molecular weight excluding hydrogens is 266 g/mol. The van der Waals surface area contributed by atoms with Gasteiger partial charge in [-0.2, -0.15) is 0 Å². The molecule has 1 rings (SSSR count). The average Bonchev–Trinajstić information content (AvgIpc) is 2.41. The number of hydrogen-bond acceptors (Lipinski definition) is 1. The molecule has 0 bridgehead atoms. The van der Waals surface area contributed by atoms with E-state index in [1.54, 1.807) is 0 Å². The smallest absolute Gasteiger partial charge is 0.00187 e. The number of nitrogens with zero attached hydrogens (tertiary/aromatic N) is 1. The first-order valence-corrected chi connectivity index (χ1v) is 8.04. The molecule has 0 heterocycles. The van der Waals surface area contributed by atoms with Crippen molar-refractivity contribution in [2.24, 2.45) is 0 Å². The highest BCUT2D eigenvalue weighted by Crippen LogP contribution is 2.09. The summed E-state index contributed by atoms with van der Waals surface area (Å²) in [5.74, 6) is 0. The van der Waals surface area contributed by atoms with Crippen molar-refractivity contribution in [3.63, 3.8) is 0 Å². The van der Waals surface area contributed by atoms with E-state index >= 15 is 0 Å². The number of halogens is 1. The molecule has 1 aromatic rings. The quantitative estimate of drug-likeness (QED) is 0.533. The SMILES string of the molecule is CCCN(CCC)CCCCCc1ccc(C)cc1.Cl. The van der Waals surface area contributed by atoms with Crippen molar-refractivity contribution in [1.82, 2.24) is 4.90 Å². The monoisotopic (exact) mass is 297 g/mol. The molecule has 0 aromatic heterocycles. The van der Waals surface area contributed by atoms with Gasteiger partial charge in [0.15, 0.2) is 0 Å². The van der Waals surface area contributed by atoms with Crippen molar-refractivity contribution >= 4 is 12.4 Å². The third kappa shape index (κ3) is 8.60. The van der Waals surface area contributed by atoms with E-state index in [9.17, 15) is 0 Å². The number of unbranched alkanes of at least 4 members (excludes halogenated alkanes) is 2. The summed E-state index contributed by atoms with van der Waals surface area (Å²) in [6, 6.07) is 8.99. The second-order valence-electron chi connectivity index (χ2n) is 5.64. The van der Waals surface area contributed by atoms with E-state index in [-0.39, 0.29) is 12.4 Å². The van der Waals surface area contributed by atoms with E-state index in [1.807, 2.05) is 0 Å². The van der Waals surface area contributed by atoms with Gasteiger partial charge in [0.1, 0.15) is 0 Å². The van der Waals surface area contributed by atoms with Gasteiger partial charge < -0.3 is 4.90 Å². The molecule has 2 heteroatoms. The van der Waals surface area contributed by atoms with Gasteiger partial charge in [-0.3, -0.25) is 0 Å². The summed E-state index contributed by atoms with van der Waals surface area (Å²) >= 11 is 0. The number of hydrogen-bond donors (Lipinski definition) is 0. The van der Waals surface area contributed by atoms with Crippen LogP contribution in [-0.4, -0.2) is 24.5 Å². The lowest BCUT2D eigenvalue weighted by Gasteiger charge is -2.20. The fraction of sp³-hybridized carbons (Fsp3) is 0.667. The minimum Gasteiger partial charge on any atom is -0.303 e. The van der Waals surface area contributed by atoms with Crippen LogP contribution in [0.5, 0.6) is 0 Å². The average molecular weight is 298 g/mol. The Labute approximate surface area is 132 Å². The molecule has 0 amide bonds. The molecule has 0 spiro atoms. The summed E-state index contributed by atoms with van der Waals surface area (Å²) in [4.78, 5) is 2.62. The second-order valence-corrected chi connectivity index (χ2v) is 5.64. The summed E-state index contributed by atoms with van der Waals surface area (Å²) in [5.41, 5.74) is 2.85. The van der Waals surface area contributed by atoms with Crippen LogP contribution in [0.3, 0.4) is 0 Å². The molecule has 0 N–H and O–H groups in total. The standard InChI is InChI=1S/C18H31N.ClH/c1-4-14-19(15-5-2)16-8-6-7-9-18-12-10-17(3)11-13-18;/h10-13H,4-9,14-16H2,1-3H3;1H. The third-order valence-electron chi connectivity index (χ3n) is 3.64. The maximum absolute atomic E-state index is 2.62. The van der Waals surface area contributed by atoms with Crippen molar-refractivity contribution in [2.45, 2.75) is 59.3 Å². The van der Waals surface area contributed by atoms with Gasteiger partial charge in [-0.1, -0.05) is 50.1 Å². The van der Waals surface area contributed by atoms with Crippen molar-refractivity contribution in [2.75, 3.05) is 19.6 Å². The molecule has 0 saturated heterocycles. The van der Waals surface area contributed by atoms with Gasteiger partial charge in [0.25, 0.3) is 0 Å². The number of benzene rings is 1. The summed E-state index contributed by atoms with van der Waals surface area (Å²) in [6.07, 6.45) is 7.84. The highest BCUT2D eigenvalue weighted by Gasteiger charge is 2.01. The second kappa shape index (κ2) is 12.2. The third-order valence-corrected chi connectivity index (χ3v) is 3.64. The molecule has 0 aliphatic heterocycles. The Morgan fingerprint density at radius 3 is 1.95 bits per heavy atom. The van der Waals surface area contributed by atoms with E-state index in [2.05, 4.69) is 49.9 Å². The van der Waals surface area contributed by atoms with Crippen LogP contribution in [0.25, 0.3) is 0 Å². The van der Waals surface area contributed by atoms with Gasteiger partial charge in [-0.25, -0.2) is 0 Å². The summed E-state index contributed by atoms with van der Waals surface area (Å²) in [6.45, 7) is 10.5. The van der Waals surface area contributed by atoms with Crippen molar-refractivity contribution in [3.05, 3.63) is 35.4 Å². The van der Waals surface area contributed by atoms with Gasteiger partial charge in [0.2, 0.25) is 0 Å². The molecule has 20 heavy (non-hydrogen) atoms. The fourth-order valence-corrected chi connectivity index (χ4v) is 2.56. The van der Waals surface area contributed by atoms with Gasteiger partial charge in [0.05, 0.1) is 0 Å². The van der Waals surface area contributed by atoms with Crippen molar-refractivity contribution in [1.29, 1.82) is 0 Å². The number of aryl methyl sites for hydroxylation is 2. The Bertz CT molecular complexity index is 315. The molecule has 0 atom stereocenters. The van der Waals surface area contributed by atoms with E-state index in [4.69, 9.17) is 0 Å². The van der Waals surface area contributed by atoms with E-state index in [0.717, 1.165) is 0 Å². The molecule has 0 radical (unpaired) electrons. The summed E-state index contributed by atoms with van der Waals surface area (Å²) in [5, 5.41) is 0. The molecule has 0 saturated carbocycles. The van der Waals surface area contributed by atoms with Crippen molar-refractivity contribution < 1.29 is 0 Å². The minimum absolute atomic E-state index is 0. The molecule has 1 nitrogen and oxygen atoms in total. The zero-order chi connectivity index (χ0) is 13.9. The Morgan fingerprint density at radius 2 is 1.40 bits per heavy atom. The molecule has 1 aromatic carbocycles. The minimum atomic E-state index is 0. The van der Waals surface area contributed by atoms with E-state index in [1.165, 1.54) is 69.3 Å². The zero-order valence-electron chi connectivity index (χ0n) is 13.5. The zero-order valence-corrected chi connectivity index (χ0v) is 14.3. The summed E-state index contributed by atoms with van der Waals surface area (Å²) < 4.78 is 0. The van der Waals surface area contributed by atoms with Crippen LogP contribution in [0.2, 0.25) is 0 Å². The number of rotatable bonds is 10. The maximum atomic E-state index is 2.62. The van der Waals surface area contributed by atoms with Crippen LogP contribution in [0, 0.1) is 6.92 Å². The topological polar surface area (TPSA) is 3.24 Å². The first-order valence-electron chi connectivity index (χ1n) is 8.04. The Balaban J connectivity index is 0.00000361. The Kier molecular flexibility index (Phi) is 11.9. The highest BCUT2D eigenvalue weighted by atomic mass is 35.5. The lowest BCUT2D eigenvalue weighted by atomic mass is 10.1. The van der Waals surface area contributed by atoms with Gasteiger partial charge in [0, 0.05) is 0 Å². The molecule has 0 unspecified atom stereocenters. The van der Waals surface area contributed by atoms with Crippen LogP contribution in [0.15, 0.2) is 24.3 Å². The van der Waals surface area contributed by atoms with Crippen molar-refractivity contribution in [3.8, 4) is 0 Å². The summed E-state index contributed by atoms with van der Waals surface area (Å²) in [7, 11) is 0. The normalized spacial score (nSPS) is 10.6. The van der Waals surface area contributed by atoms with Gasteiger partial charge >= 0.3 is 0 Å². The first-order chi connectivity index (χ1) is 9.26. The molecule has 0 aliphatic carbocycles. The molecule has 0 aliphatic rings. The molecule has 0 fully saturated rings. The van der Waals surface area contributed by atoms with Gasteiger partial charge in [-0.05, 0) is 64.2 Å². The van der Waals surface area contributed by atoms with E-state index < -0.39 is 0 Å². The fourth-order valence-electron chi connectivity index (χ4n) is 2.56. The lowest BCUT2D eigenvalue weighted by Crippen LogP contribution is -2.26. The largest absolute Gasteiger partial charge is 0.303 e. The van der Waals surface area contributed by atoms with Crippen LogP contribution < -0.4 is 0 Å². The van der Waals surface area contributed by atoms with Crippen LogP contribution in [0.4, 0.5) is 0 Å². The highest BCUT2D eigenvalue weighted by molar-refractivity contribution is 5.85. The Morgan fingerprint density at radius 1 is 0.800 bits per heavy atom. The predicted octanol–water partition coefficient (Wildman–Crippen LogP) is 5.25.